The predicted octanol–water partition coefficient (Wildman–Crippen LogP) is 3.69. The number of fused-ring (bicyclic) bond motifs is 1. The highest BCUT2D eigenvalue weighted by Gasteiger charge is 2.32. The lowest BCUT2D eigenvalue weighted by Crippen LogP contribution is -2.39. The largest absolute Gasteiger partial charge is 0.330 e. The number of thiophene rings is 2. The molecule has 0 saturated heterocycles. The Morgan fingerprint density at radius 3 is 3.00 bits per heavy atom. The summed E-state index contributed by atoms with van der Waals surface area (Å²) in [5.74, 6) is 0.255. The van der Waals surface area contributed by atoms with E-state index >= 15 is 0 Å². The van der Waals surface area contributed by atoms with Gasteiger partial charge in [-0.25, -0.2) is 0 Å². The zero-order chi connectivity index (χ0) is 12.5. The highest BCUT2D eigenvalue weighted by Crippen LogP contribution is 2.39. The first-order valence-electron chi connectivity index (χ1n) is 6.20. The van der Waals surface area contributed by atoms with E-state index in [9.17, 15) is 4.79 Å². The average molecular weight is 277 g/mol. The van der Waals surface area contributed by atoms with E-state index in [-0.39, 0.29) is 11.9 Å². The van der Waals surface area contributed by atoms with Gasteiger partial charge in [0.1, 0.15) is 0 Å². The number of hydrogen-bond acceptors (Lipinski definition) is 3. The van der Waals surface area contributed by atoms with E-state index < -0.39 is 0 Å². The third kappa shape index (κ3) is 1.89. The van der Waals surface area contributed by atoms with Gasteiger partial charge in [-0.05, 0) is 34.9 Å². The smallest absolute Gasteiger partial charge is 0.223 e. The van der Waals surface area contributed by atoms with Crippen LogP contribution in [0.4, 0.5) is 0 Å². The number of nitrogens with zero attached hydrogens (tertiary/aromatic N) is 1. The van der Waals surface area contributed by atoms with E-state index in [1.54, 1.807) is 11.3 Å². The minimum atomic E-state index is 0.146. The fraction of sp³-hybridized carbons (Fsp3) is 0.357. The Balaban J connectivity index is 2.05. The molecule has 4 heteroatoms. The van der Waals surface area contributed by atoms with E-state index in [2.05, 4.69) is 29.0 Å². The molecule has 0 bridgehead atoms. The van der Waals surface area contributed by atoms with Crippen LogP contribution in [0.25, 0.3) is 0 Å². The molecule has 0 aliphatic carbocycles. The van der Waals surface area contributed by atoms with Crippen LogP contribution in [0, 0.1) is 0 Å². The van der Waals surface area contributed by atoms with Gasteiger partial charge in [-0.15, -0.1) is 22.7 Å². The molecule has 18 heavy (non-hydrogen) atoms. The van der Waals surface area contributed by atoms with Crippen molar-refractivity contribution in [1.29, 1.82) is 0 Å². The van der Waals surface area contributed by atoms with Gasteiger partial charge in [0, 0.05) is 22.7 Å². The average Bonchev–Trinajstić information content (AvgIpc) is 3.07. The molecule has 1 unspecified atom stereocenters. The molecular formula is C14H15NOS2. The molecule has 0 aromatic carbocycles. The molecule has 0 spiro atoms. The summed E-state index contributed by atoms with van der Waals surface area (Å²) < 4.78 is 0. The van der Waals surface area contributed by atoms with E-state index in [1.807, 2.05) is 23.2 Å². The zero-order valence-electron chi connectivity index (χ0n) is 10.3. The molecule has 1 amide bonds. The quantitative estimate of drug-likeness (QED) is 0.819. The summed E-state index contributed by atoms with van der Waals surface area (Å²) in [4.78, 5) is 16.9. The Bertz CT molecular complexity index is 544. The normalized spacial score (nSPS) is 18.7. The van der Waals surface area contributed by atoms with Crippen molar-refractivity contribution in [3.05, 3.63) is 44.3 Å². The summed E-state index contributed by atoms with van der Waals surface area (Å²) in [6.07, 6.45) is 1.59. The van der Waals surface area contributed by atoms with Crippen LogP contribution in [-0.4, -0.2) is 17.4 Å². The molecule has 94 valence electrons. The van der Waals surface area contributed by atoms with Crippen LogP contribution in [0.1, 0.15) is 34.7 Å². The third-order valence-corrected chi connectivity index (χ3v) is 5.32. The zero-order valence-corrected chi connectivity index (χ0v) is 11.9. The standard InChI is InChI=1S/C14H15NOS2/c1-2-13(16)15-7-5-11-10(6-9-18-11)14(15)12-4-3-8-17-12/h3-4,6,8-9,14H,2,5,7H2,1H3. The van der Waals surface area contributed by atoms with Crippen LogP contribution >= 0.6 is 22.7 Å². The second-order valence-corrected chi connectivity index (χ2v) is 6.39. The number of hydrogen-bond donors (Lipinski definition) is 0. The van der Waals surface area contributed by atoms with E-state index in [1.165, 1.54) is 15.3 Å². The molecular weight excluding hydrogens is 262 g/mol. The minimum Gasteiger partial charge on any atom is -0.330 e. The molecule has 0 fully saturated rings. The van der Waals surface area contributed by atoms with Gasteiger partial charge in [-0.3, -0.25) is 4.79 Å². The lowest BCUT2D eigenvalue weighted by molar-refractivity contribution is -0.132. The van der Waals surface area contributed by atoms with Gasteiger partial charge in [-0.1, -0.05) is 13.0 Å². The van der Waals surface area contributed by atoms with Gasteiger partial charge in [0.15, 0.2) is 0 Å². The van der Waals surface area contributed by atoms with Crippen molar-refractivity contribution in [2.24, 2.45) is 0 Å². The maximum Gasteiger partial charge on any atom is 0.223 e. The fourth-order valence-electron chi connectivity index (χ4n) is 2.54. The predicted molar refractivity (Wildman–Crippen MR) is 76.2 cm³/mol. The molecule has 1 aliphatic heterocycles. The molecule has 2 aromatic heterocycles. The molecule has 1 aliphatic rings. The molecule has 0 saturated carbocycles. The number of amides is 1. The Kier molecular flexibility index (Phi) is 3.22. The SMILES string of the molecule is CCC(=O)N1CCc2sccc2C1c1cccs1. The number of rotatable bonds is 2. The van der Waals surface area contributed by atoms with Gasteiger partial charge in [0.2, 0.25) is 5.91 Å². The van der Waals surface area contributed by atoms with Crippen molar-refractivity contribution in [3.8, 4) is 0 Å². The first-order valence-corrected chi connectivity index (χ1v) is 7.96. The third-order valence-electron chi connectivity index (χ3n) is 3.40. The Labute approximate surface area is 115 Å². The van der Waals surface area contributed by atoms with Crippen molar-refractivity contribution in [1.82, 2.24) is 4.90 Å². The molecule has 3 heterocycles. The van der Waals surface area contributed by atoms with Crippen LogP contribution in [-0.2, 0) is 11.2 Å². The molecule has 1 atom stereocenters. The van der Waals surface area contributed by atoms with E-state index in [0.29, 0.717) is 6.42 Å². The van der Waals surface area contributed by atoms with Gasteiger partial charge in [-0.2, -0.15) is 0 Å². The second-order valence-electron chi connectivity index (χ2n) is 4.41. The summed E-state index contributed by atoms with van der Waals surface area (Å²) in [5, 5.41) is 4.23. The van der Waals surface area contributed by atoms with Crippen molar-refractivity contribution >= 4 is 28.6 Å². The van der Waals surface area contributed by atoms with Gasteiger partial charge >= 0.3 is 0 Å². The second kappa shape index (κ2) is 4.86. The van der Waals surface area contributed by atoms with Crippen LogP contribution in [0.3, 0.4) is 0 Å². The Morgan fingerprint density at radius 1 is 1.39 bits per heavy atom. The topological polar surface area (TPSA) is 20.3 Å². The van der Waals surface area contributed by atoms with E-state index in [4.69, 9.17) is 0 Å². The maximum absolute atomic E-state index is 12.1. The van der Waals surface area contributed by atoms with Crippen LogP contribution < -0.4 is 0 Å². The minimum absolute atomic E-state index is 0.146. The van der Waals surface area contributed by atoms with Crippen molar-refractivity contribution in [3.63, 3.8) is 0 Å². The lowest BCUT2D eigenvalue weighted by atomic mass is 9.98. The maximum atomic E-state index is 12.1. The molecule has 2 aromatic rings. The van der Waals surface area contributed by atoms with Gasteiger partial charge in [0.05, 0.1) is 6.04 Å². The molecule has 3 rings (SSSR count). The van der Waals surface area contributed by atoms with Crippen molar-refractivity contribution < 1.29 is 4.79 Å². The van der Waals surface area contributed by atoms with Gasteiger partial charge < -0.3 is 4.90 Å². The fourth-order valence-corrected chi connectivity index (χ4v) is 4.30. The Hall–Kier alpha value is -1.13. The molecule has 0 N–H and O–H groups in total. The number of carbonyl (C=O) groups excluding carboxylic acids is 1. The first kappa shape index (κ1) is 11.9. The summed E-state index contributed by atoms with van der Waals surface area (Å²) in [6.45, 7) is 2.79. The summed E-state index contributed by atoms with van der Waals surface area (Å²) in [5.41, 5.74) is 1.33. The van der Waals surface area contributed by atoms with Crippen molar-refractivity contribution in [2.75, 3.05) is 6.54 Å². The highest BCUT2D eigenvalue weighted by molar-refractivity contribution is 7.10. The summed E-state index contributed by atoms with van der Waals surface area (Å²) >= 11 is 3.55. The van der Waals surface area contributed by atoms with Crippen molar-refractivity contribution in [2.45, 2.75) is 25.8 Å². The summed E-state index contributed by atoms with van der Waals surface area (Å²) in [6, 6.07) is 6.53. The van der Waals surface area contributed by atoms with Crippen LogP contribution in [0.5, 0.6) is 0 Å². The number of carbonyl (C=O) groups is 1. The van der Waals surface area contributed by atoms with Crippen LogP contribution in [0.15, 0.2) is 29.0 Å². The molecule has 2 nitrogen and oxygen atoms in total. The lowest BCUT2D eigenvalue weighted by Gasteiger charge is -2.35. The monoisotopic (exact) mass is 277 g/mol. The summed E-state index contributed by atoms with van der Waals surface area (Å²) in [7, 11) is 0. The highest BCUT2D eigenvalue weighted by atomic mass is 32.1. The van der Waals surface area contributed by atoms with E-state index in [0.717, 1.165) is 13.0 Å². The molecule has 0 radical (unpaired) electrons. The van der Waals surface area contributed by atoms with Crippen LogP contribution in [0.2, 0.25) is 0 Å². The Morgan fingerprint density at radius 2 is 2.28 bits per heavy atom. The van der Waals surface area contributed by atoms with Gasteiger partial charge in [0.25, 0.3) is 0 Å². The first-order chi connectivity index (χ1) is 8.81.